The lowest BCUT2D eigenvalue weighted by molar-refractivity contribution is -0.137. The van der Waals surface area contributed by atoms with Gasteiger partial charge in [0, 0.05) is 5.56 Å². The molecule has 2 rings (SSSR count). The SMILES string of the molecule is CCN(C)CNc1cc(C)c(OC(C)COc2cccc(C(F)(F)F)c2)nc1C. The van der Waals surface area contributed by atoms with E-state index in [1.807, 2.05) is 27.0 Å². The highest BCUT2D eigenvalue weighted by atomic mass is 19.4. The van der Waals surface area contributed by atoms with Crippen LogP contribution in [0.15, 0.2) is 30.3 Å². The topological polar surface area (TPSA) is 46.6 Å². The Labute approximate surface area is 169 Å². The lowest BCUT2D eigenvalue weighted by Crippen LogP contribution is -2.25. The average Bonchev–Trinajstić information content (AvgIpc) is 2.67. The molecular weight excluding hydrogens is 383 g/mol. The lowest BCUT2D eigenvalue weighted by Gasteiger charge is -2.20. The molecule has 1 atom stereocenters. The number of aryl methyl sites for hydroxylation is 2. The van der Waals surface area contributed by atoms with Gasteiger partial charge in [0.05, 0.1) is 23.6 Å². The summed E-state index contributed by atoms with van der Waals surface area (Å²) in [6.07, 6.45) is -4.79. The summed E-state index contributed by atoms with van der Waals surface area (Å²) in [6.45, 7) is 9.40. The van der Waals surface area contributed by atoms with Crippen LogP contribution in [0.2, 0.25) is 0 Å². The van der Waals surface area contributed by atoms with E-state index in [2.05, 4.69) is 22.1 Å². The minimum Gasteiger partial charge on any atom is -0.490 e. The Bertz CT molecular complexity index is 812. The number of hydrogen-bond acceptors (Lipinski definition) is 5. The first-order valence-corrected chi connectivity index (χ1v) is 9.47. The second-order valence-corrected chi connectivity index (χ2v) is 7.02. The summed E-state index contributed by atoms with van der Waals surface area (Å²) < 4.78 is 49.7. The molecule has 0 saturated heterocycles. The summed E-state index contributed by atoms with van der Waals surface area (Å²) in [5.74, 6) is 0.632. The van der Waals surface area contributed by atoms with E-state index in [0.29, 0.717) is 12.5 Å². The highest BCUT2D eigenvalue weighted by molar-refractivity contribution is 5.51. The van der Waals surface area contributed by atoms with Crippen molar-refractivity contribution >= 4 is 5.69 Å². The second-order valence-electron chi connectivity index (χ2n) is 7.02. The summed E-state index contributed by atoms with van der Waals surface area (Å²) in [4.78, 5) is 6.64. The minimum absolute atomic E-state index is 0.1000. The van der Waals surface area contributed by atoms with Gasteiger partial charge in [-0.3, -0.25) is 4.90 Å². The smallest absolute Gasteiger partial charge is 0.416 e. The van der Waals surface area contributed by atoms with Crippen LogP contribution in [-0.2, 0) is 6.18 Å². The molecule has 0 aliphatic carbocycles. The molecule has 1 unspecified atom stereocenters. The fourth-order valence-corrected chi connectivity index (χ4v) is 2.51. The van der Waals surface area contributed by atoms with Gasteiger partial charge >= 0.3 is 6.18 Å². The average molecular weight is 411 g/mol. The van der Waals surface area contributed by atoms with Gasteiger partial charge in [0.2, 0.25) is 5.88 Å². The number of halogens is 3. The van der Waals surface area contributed by atoms with Crippen LogP contribution in [0, 0.1) is 13.8 Å². The largest absolute Gasteiger partial charge is 0.490 e. The quantitative estimate of drug-likeness (QED) is 0.596. The van der Waals surface area contributed by atoms with Gasteiger partial charge in [0.25, 0.3) is 0 Å². The number of benzene rings is 1. The number of hydrogen-bond donors (Lipinski definition) is 1. The van der Waals surface area contributed by atoms with Crippen molar-refractivity contribution in [2.75, 3.05) is 32.2 Å². The Balaban J connectivity index is 1.97. The van der Waals surface area contributed by atoms with Gasteiger partial charge in [-0.1, -0.05) is 13.0 Å². The van der Waals surface area contributed by atoms with Crippen molar-refractivity contribution in [3.8, 4) is 11.6 Å². The van der Waals surface area contributed by atoms with E-state index in [-0.39, 0.29) is 18.5 Å². The van der Waals surface area contributed by atoms with E-state index in [4.69, 9.17) is 9.47 Å². The maximum Gasteiger partial charge on any atom is 0.416 e. The zero-order chi connectivity index (χ0) is 21.6. The van der Waals surface area contributed by atoms with Gasteiger partial charge in [0.15, 0.2) is 0 Å². The Hall–Kier alpha value is -2.48. The van der Waals surface area contributed by atoms with Crippen molar-refractivity contribution in [2.24, 2.45) is 0 Å². The maximum absolute atomic E-state index is 12.8. The van der Waals surface area contributed by atoms with Crippen molar-refractivity contribution < 1.29 is 22.6 Å². The normalized spacial score (nSPS) is 12.7. The molecule has 8 heteroatoms. The van der Waals surface area contributed by atoms with Crippen molar-refractivity contribution in [3.05, 3.63) is 47.2 Å². The highest BCUT2D eigenvalue weighted by Gasteiger charge is 2.30. The van der Waals surface area contributed by atoms with Crippen molar-refractivity contribution in [1.82, 2.24) is 9.88 Å². The number of alkyl halides is 3. The molecule has 0 aliphatic heterocycles. The predicted molar refractivity (Wildman–Crippen MR) is 108 cm³/mol. The molecule has 0 aliphatic rings. The molecule has 2 aromatic rings. The van der Waals surface area contributed by atoms with Crippen molar-refractivity contribution in [1.29, 1.82) is 0 Å². The number of nitrogens with zero attached hydrogens (tertiary/aromatic N) is 2. The number of aromatic nitrogens is 1. The summed E-state index contributed by atoms with van der Waals surface area (Å²) in [5.41, 5.74) is 1.86. The molecule has 0 spiro atoms. The third kappa shape index (κ3) is 6.81. The van der Waals surface area contributed by atoms with Crippen molar-refractivity contribution in [2.45, 2.75) is 40.0 Å². The number of nitrogens with one attached hydrogen (secondary N) is 1. The van der Waals surface area contributed by atoms with Gasteiger partial charge in [-0.15, -0.1) is 0 Å². The predicted octanol–water partition coefficient (Wildman–Crippen LogP) is 4.88. The fourth-order valence-electron chi connectivity index (χ4n) is 2.51. The Morgan fingerprint density at radius 3 is 2.59 bits per heavy atom. The fraction of sp³-hybridized carbons (Fsp3) is 0.476. The maximum atomic E-state index is 12.8. The molecule has 0 fully saturated rings. The molecular formula is C21H28F3N3O2. The Kier molecular flexibility index (Phi) is 7.73. The van der Waals surface area contributed by atoms with Crippen LogP contribution in [-0.4, -0.2) is 42.9 Å². The van der Waals surface area contributed by atoms with Crippen LogP contribution < -0.4 is 14.8 Å². The number of anilines is 1. The third-order valence-corrected chi connectivity index (χ3v) is 4.40. The van der Waals surface area contributed by atoms with Crippen LogP contribution in [0.25, 0.3) is 0 Å². The molecule has 0 bridgehead atoms. The first-order valence-electron chi connectivity index (χ1n) is 9.47. The molecule has 5 nitrogen and oxygen atoms in total. The molecule has 160 valence electrons. The zero-order valence-corrected chi connectivity index (χ0v) is 17.4. The van der Waals surface area contributed by atoms with Gasteiger partial charge in [-0.2, -0.15) is 13.2 Å². The summed E-state index contributed by atoms with van der Waals surface area (Å²) >= 11 is 0. The Morgan fingerprint density at radius 2 is 1.93 bits per heavy atom. The van der Waals surface area contributed by atoms with E-state index in [0.717, 1.165) is 35.6 Å². The van der Waals surface area contributed by atoms with E-state index in [9.17, 15) is 13.2 Å². The molecule has 1 N–H and O–H groups in total. The van der Waals surface area contributed by atoms with Crippen LogP contribution in [0.1, 0.15) is 30.7 Å². The standard InChI is InChI=1S/C21H28F3N3O2/c1-6-27(5)13-25-19-10-14(2)20(26-16(19)4)29-15(3)12-28-18-9-7-8-17(11-18)21(22,23)24/h7-11,15,25H,6,12-13H2,1-5H3. The van der Waals surface area contributed by atoms with E-state index in [1.54, 1.807) is 6.92 Å². The molecule has 1 aromatic heterocycles. The van der Waals surface area contributed by atoms with Crippen LogP contribution in [0.4, 0.5) is 18.9 Å². The number of pyridine rings is 1. The molecule has 1 heterocycles. The van der Waals surface area contributed by atoms with Gasteiger partial charge in [-0.05, 0) is 58.6 Å². The molecule has 1 aromatic carbocycles. The zero-order valence-electron chi connectivity index (χ0n) is 17.4. The van der Waals surface area contributed by atoms with E-state index in [1.165, 1.54) is 12.1 Å². The van der Waals surface area contributed by atoms with E-state index >= 15 is 0 Å². The lowest BCUT2D eigenvalue weighted by atomic mass is 10.2. The minimum atomic E-state index is -4.40. The first kappa shape index (κ1) is 22.8. The van der Waals surface area contributed by atoms with Gasteiger partial charge in [0.1, 0.15) is 18.5 Å². The van der Waals surface area contributed by atoms with Gasteiger partial charge in [-0.25, -0.2) is 4.98 Å². The molecule has 0 saturated carbocycles. The second kappa shape index (κ2) is 9.82. The Morgan fingerprint density at radius 1 is 1.21 bits per heavy atom. The van der Waals surface area contributed by atoms with Crippen LogP contribution in [0.3, 0.4) is 0 Å². The van der Waals surface area contributed by atoms with Crippen LogP contribution >= 0.6 is 0 Å². The summed E-state index contributed by atoms with van der Waals surface area (Å²) in [5, 5.41) is 3.34. The van der Waals surface area contributed by atoms with Crippen molar-refractivity contribution in [3.63, 3.8) is 0 Å². The summed E-state index contributed by atoms with van der Waals surface area (Å²) in [6, 6.07) is 6.77. The highest BCUT2D eigenvalue weighted by Crippen LogP contribution is 2.31. The number of ether oxygens (including phenoxy) is 2. The molecule has 0 amide bonds. The number of rotatable bonds is 9. The summed E-state index contributed by atoms with van der Waals surface area (Å²) in [7, 11) is 2.02. The van der Waals surface area contributed by atoms with Crippen LogP contribution in [0.5, 0.6) is 11.6 Å². The molecule has 29 heavy (non-hydrogen) atoms. The first-order chi connectivity index (χ1) is 13.6. The van der Waals surface area contributed by atoms with Gasteiger partial charge < -0.3 is 14.8 Å². The van der Waals surface area contributed by atoms with E-state index < -0.39 is 11.7 Å². The monoisotopic (exact) mass is 411 g/mol. The molecule has 0 radical (unpaired) electrons. The third-order valence-electron chi connectivity index (χ3n) is 4.40.